The molecule has 2 aliphatic rings. The van der Waals surface area contributed by atoms with E-state index < -0.39 is 0 Å². The summed E-state index contributed by atoms with van der Waals surface area (Å²) < 4.78 is 5.41. The Hall–Kier alpha value is -0.120. The number of nitrogens with one attached hydrogen (secondary N) is 1. The highest BCUT2D eigenvalue weighted by atomic mass is 16.5. The lowest BCUT2D eigenvalue weighted by atomic mass is 9.78. The topological polar surface area (TPSA) is 24.5 Å². The maximum Gasteiger partial charge on any atom is 0.0630 e. The molecule has 0 radical (unpaired) electrons. The molecule has 0 aromatic carbocycles. The first-order valence-electron chi connectivity index (χ1n) is 7.26. The Kier molecular flexibility index (Phi) is 5.26. The fourth-order valence-corrected chi connectivity index (χ4v) is 3.82. The van der Waals surface area contributed by atoms with Crippen molar-refractivity contribution in [1.82, 2.24) is 10.2 Å². The molecule has 2 rings (SSSR count). The number of nitrogens with zero attached hydrogens (tertiary/aromatic N) is 1. The largest absolute Gasteiger partial charge is 0.383 e. The van der Waals surface area contributed by atoms with Crippen molar-refractivity contribution in [2.75, 3.05) is 33.9 Å². The van der Waals surface area contributed by atoms with Crippen LogP contribution < -0.4 is 5.32 Å². The monoisotopic (exact) mass is 240 g/mol. The second kappa shape index (κ2) is 6.72. The molecular formula is C14H28N2O. The van der Waals surface area contributed by atoms with Crippen LogP contribution in [0.15, 0.2) is 0 Å². The molecule has 3 unspecified atom stereocenters. The SMILES string of the molecule is CNCC(COC)N1CCCC2CCCCC21. The molecule has 100 valence electrons. The van der Waals surface area contributed by atoms with Gasteiger partial charge in [0.1, 0.15) is 0 Å². The van der Waals surface area contributed by atoms with Gasteiger partial charge in [0.05, 0.1) is 6.61 Å². The molecule has 1 N–H and O–H groups in total. The number of piperidine rings is 1. The van der Waals surface area contributed by atoms with Crippen molar-refractivity contribution in [3.63, 3.8) is 0 Å². The van der Waals surface area contributed by atoms with Crippen LogP contribution in [0.3, 0.4) is 0 Å². The van der Waals surface area contributed by atoms with Crippen LogP contribution in [-0.2, 0) is 4.74 Å². The number of rotatable bonds is 5. The molecule has 1 heterocycles. The van der Waals surface area contributed by atoms with Gasteiger partial charge in [-0.1, -0.05) is 12.8 Å². The molecule has 0 aromatic rings. The Morgan fingerprint density at radius 3 is 2.76 bits per heavy atom. The van der Waals surface area contributed by atoms with Gasteiger partial charge in [-0.15, -0.1) is 0 Å². The summed E-state index contributed by atoms with van der Waals surface area (Å²) in [6, 6.07) is 1.40. The number of fused-ring (bicyclic) bond motifs is 1. The lowest BCUT2D eigenvalue weighted by Crippen LogP contribution is -2.55. The van der Waals surface area contributed by atoms with E-state index in [2.05, 4.69) is 10.2 Å². The number of ether oxygens (including phenoxy) is 1. The molecular weight excluding hydrogens is 212 g/mol. The molecule has 0 amide bonds. The molecule has 1 saturated carbocycles. The summed E-state index contributed by atoms with van der Waals surface area (Å²) in [7, 11) is 3.87. The van der Waals surface area contributed by atoms with Crippen LogP contribution in [0.5, 0.6) is 0 Å². The third-order valence-corrected chi connectivity index (χ3v) is 4.55. The Balaban J connectivity index is 1.99. The van der Waals surface area contributed by atoms with Crippen LogP contribution >= 0.6 is 0 Å². The van der Waals surface area contributed by atoms with Gasteiger partial charge in [-0.2, -0.15) is 0 Å². The zero-order chi connectivity index (χ0) is 12.1. The number of methoxy groups -OCH3 is 1. The molecule has 3 heteroatoms. The van der Waals surface area contributed by atoms with Gasteiger partial charge in [-0.05, 0) is 45.2 Å². The van der Waals surface area contributed by atoms with Gasteiger partial charge >= 0.3 is 0 Å². The second-order valence-electron chi connectivity index (χ2n) is 5.66. The van der Waals surface area contributed by atoms with Crippen molar-refractivity contribution < 1.29 is 4.74 Å². The maximum atomic E-state index is 5.41. The van der Waals surface area contributed by atoms with Crippen molar-refractivity contribution in [3.05, 3.63) is 0 Å². The summed E-state index contributed by atoms with van der Waals surface area (Å²) >= 11 is 0. The van der Waals surface area contributed by atoms with Crippen LogP contribution in [0.1, 0.15) is 38.5 Å². The summed E-state index contributed by atoms with van der Waals surface area (Å²) in [4.78, 5) is 2.74. The molecule has 17 heavy (non-hydrogen) atoms. The van der Waals surface area contributed by atoms with Crippen LogP contribution in [0, 0.1) is 5.92 Å². The molecule has 1 aliphatic heterocycles. The van der Waals surface area contributed by atoms with Crippen LogP contribution in [0.4, 0.5) is 0 Å². The number of hydrogen-bond acceptors (Lipinski definition) is 3. The maximum absolute atomic E-state index is 5.41. The Morgan fingerprint density at radius 2 is 2.00 bits per heavy atom. The van der Waals surface area contributed by atoms with Crippen LogP contribution in [0.25, 0.3) is 0 Å². The van der Waals surface area contributed by atoms with Crippen LogP contribution in [-0.4, -0.2) is 50.8 Å². The van der Waals surface area contributed by atoms with Crippen molar-refractivity contribution >= 4 is 0 Å². The fourth-order valence-electron chi connectivity index (χ4n) is 3.82. The van der Waals surface area contributed by atoms with E-state index in [4.69, 9.17) is 4.74 Å². The average Bonchev–Trinajstić information content (AvgIpc) is 2.38. The third kappa shape index (κ3) is 3.21. The number of likely N-dealkylation sites (tertiary alicyclic amines) is 1. The predicted molar refractivity (Wildman–Crippen MR) is 71.3 cm³/mol. The van der Waals surface area contributed by atoms with E-state index >= 15 is 0 Å². The predicted octanol–water partition coefficient (Wildman–Crippen LogP) is 1.88. The van der Waals surface area contributed by atoms with Crippen LogP contribution in [0.2, 0.25) is 0 Å². The van der Waals surface area contributed by atoms with Gasteiger partial charge in [0.15, 0.2) is 0 Å². The van der Waals surface area contributed by atoms with Crippen molar-refractivity contribution in [1.29, 1.82) is 0 Å². The highest BCUT2D eigenvalue weighted by Crippen LogP contribution is 2.36. The first-order chi connectivity index (χ1) is 8.36. The van der Waals surface area contributed by atoms with E-state index in [9.17, 15) is 0 Å². The lowest BCUT2D eigenvalue weighted by molar-refractivity contribution is -0.00241. The molecule has 0 bridgehead atoms. The Morgan fingerprint density at radius 1 is 1.24 bits per heavy atom. The van der Waals surface area contributed by atoms with E-state index in [0.717, 1.165) is 25.1 Å². The highest BCUT2D eigenvalue weighted by molar-refractivity contribution is 4.91. The molecule has 3 atom stereocenters. The van der Waals surface area contributed by atoms with Crippen molar-refractivity contribution in [2.24, 2.45) is 5.92 Å². The minimum Gasteiger partial charge on any atom is -0.383 e. The fraction of sp³-hybridized carbons (Fsp3) is 1.00. The summed E-state index contributed by atoms with van der Waals surface area (Å²) in [5.41, 5.74) is 0. The Bertz CT molecular complexity index is 214. The van der Waals surface area contributed by atoms with Gasteiger partial charge in [0.2, 0.25) is 0 Å². The molecule has 1 aliphatic carbocycles. The summed E-state index contributed by atoms with van der Waals surface area (Å²) in [5.74, 6) is 0.966. The van der Waals surface area contributed by atoms with E-state index in [1.807, 2.05) is 14.2 Å². The minimum atomic E-state index is 0.566. The Labute approximate surface area is 106 Å². The standard InChI is InChI=1S/C14H28N2O/c1-15-10-13(11-17-2)16-9-5-7-12-6-3-4-8-14(12)16/h12-15H,3-11H2,1-2H3. The number of likely N-dealkylation sites (N-methyl/N-ethyl adjacent to an activating group) is 1. The summed E-state index contributed by atoms with van der Waals surface area (Å²) in [5, 5.41) is 3.32. The van der Waals surface area contributed by atoms with Gasteiger partial charge in [0.25, 0.3) is 0 Å². The summed E-state index contributed by atoms with van der Waals surface area (Å²) in [6.45, 7) is 3.19. The quantitative estimate of drug-likeness (QED) is 0.794. The third-order valence-electron chi connectivity index (χ3n) is 4.55. The highest BCUT2D eigenvalue weighted by Gasteiger charge is 2.36. The lowest BCUT2D eigenvalue weighted by Gasteiger charge is -2.47. The first-order valence-corrected chi connectivity index (χ1v) is 7.26. The van der Waals surface area contributed by atoms with Gasteiger partial charge in [0, 0.05) is 25.7 Å². The van der Waals surface area contributed by atoms with E-state index in [0.29, 0.717) is 6.04 Å². The molecule has 1 saturated heterocycles. The van der Waals surface area contributed by atoms with E-state index in [-0.39, 0.29) is 0 Å². The molecule has 0 aromatic heterocycles. The van der Waals surface area contributed by atoms with E-state index in [1.54, 1.807) is 0 Å². The van der Waals surface area contributed by atoms with Gasteiger partial charge in [-0.25, -0.2) is 0 Å². The van der Waals surface area contributed by atoms with Crippen molar-refractivity contribution in [3.8, 4) is 0 Å². The normalized spacial score (nSPS) is 32.1. The van der Waals surface area contributed by atoms with Crippen molar-refractivity contribution in [2.45, 2.75) is 50.6 Å². The second-order valence-corrected chi connectivity index (χ2v) is 5.66. The first kappa shape index (κ1) is 13.3. The zero-order valence-electron chi connectivity index (χ0n) is 11.5. The molecule has 2 fully saturated rings. The average molecular weight is 240 g/mol. The van der Waals surface area contributed by atoms with Gasteiger partial charge < -0.3 is 10.1 Å². The molecule has 3 nitrogen and oxygen atoms in total. The van der Waals surface area contributed by atoms with Gasteiger partial charge in [-0.3, -0.25) is 4.90 Å². The molecule has 0 spiro atoms. The smallest absolute Gasteiger partial charge is 0.0630 e. The van der Waals surface area contributed by atoms with E-state index in [1.165, 1.54) is 45.1 Å². The minimum absolute atomic E-state index is 0.566. The zero-order valence-corrected chi connectivity index (χ0v) is 11.5. The number of hydrogen-bond donors (Lipinski definition) is 1. The summed E-state index contributed by atoms with van der Waals surface area (Å²) in [6.07, 6.45) is 8.59.